The van der Waals surface area contributed by atoms with Crippen LogP contribution in [0.2, 0.25) is 0 Å². The monoisotopic (exact) mass is 289 g/mol. The standard InChI is InChI=1S/C18H31N3/c1-4-20-13-11-17(12-14-20)19-15-16-7-9-18(10-8-16)21(5-2)6-3/h7-10,17,19H,4-6,11-15H2,1-3H3. The molecule has 1 saturated heterocycles. The number of likely N-dealkylation sites (tertiary alicyclic amines) is 1. The second kappa shape index (κ2) is 8.40. The van der Waals surface area contributed by atoms with Crippen LogP contribution in [-0.4, -0.2) is 43.7 Å². The highest BCUT2D eigenvalue weighted by Crippen LogP contribution is 2.16. The first kappa shape index (κ1) is 16.3. The van der Waals surface area contributed by atoms with Crippen LogP contribution in [0.4, 0.5) is 5.69 Å². The summed E-state index contributed by atoms with van der Waals surface area (Å²) in [5.74, 6) is 0. The van der Waals surface area contributed by atoms with Gasteiger partial charge in [-0.2, -0.15) is 0 Å². The van der Waals surface area contributed by atoms with Crippen molar-refractivity contribution in [3.05, 3.63) is 29.8 Å². The number of nitrogens with one attached hydrogen (secondary N) is 1. The Balaban J connectivity index is 1.79. The first-order valence-electron chi connectivity index (χ1n) is 8.56. The van der Waals surface area contributed by atoms with Gasteiger partial charge in [0.15, 0.2) is 0 Å². The van der Waals surface area contributed by atoms with Crippen LogP contribution in [0.15, 0.2) is 24.3 Å². The number of hydrogen-bond acceptors (Lipinski definition) is 3. The predicted molar refractivity (Wildman–Crippen MR) is 92.0 cm³/mol. The summed E-state index contributed by atoms with van der Waals surface area (Å²) in [6.45, 7) is 13.5. The number of nitrogens with zero attached hydrogens (tertiary/aromatic N) is 2. The van der Waals surface area contributed by atoms with Gasteiger partial charge in [-0.15, -0.1) is 0 Å². The second-order valence-corrected chi connectivity index (χ2v) is 5.93. The molecule has 1 aliphatic rings. The van der Waals surface area contributed by atoms with E-state index >= 15 is 0 Å². The van der Waals surface area contributed by atoms with Crippen molar-refractivity contribution in [2.24, 2.45) is 0 Å². The third-order valence-corrected chi connectivity index (χ3v) is 4.69. The molecule has 0 bridgehead atoms. The van der Waals surface area contributed by atoms with Crippen LogP contribution in [0.3, 0.4) is 0 Å². The van der Waals surface area contributed by atoms with Gasteiger partial charge in [-0.25, -0.2) is 0 Å². The summed E-state index contributed by atoms with van der Waals surface area (Å²) in [6, 6.07) is 9.73. The molecule has 1 aliphatic heterocycles. The van der Waals surface area contributed by atoms with Gasteiger partial charge in [0.2, 0.25) is 0 Å². The molecule has 0 unspecified atom stereocenters. The first-order valence-corrected chi connectivity index (χ1v) is 8.56. The van der Waals surface area contributed by atoms with Crippen molar-refractivity contribution in [3.63, 3.8) is 0 Å². The van der Waals surface area contributed by atoms with Crippen LogP contribution in [0, 0.1) is 0 Å². The highest BCUT2D eigenvalue weighted by molar-refractivity contribution is 5.47. The molecule has 1 heterocycles. The molecule has 0 aromatic heterocycles. The van der Waals surface area contributed by atoms with Crippen molar-refractivity contribution in [1.29, 1.82) is 0 Å². The van der Waals surface area contributed by atoms with Crippen molar-refractivity contribution in [2.45, 2.75) is 46.2 Å². The zero-order chi connectivity index (χ0) is 15.1. The number of rotatable bonds is 7. The van der Waals surface area contributed by atoms with Crippen molar-refractivity contribution < 1.29 is 0 Å². The molecule has 1 aromatic rings. The van der Waals surface area contributed by atoms with E-state index in [1.807, 2.05) is 0 Å². The maximum atomic E-state index is 3.72. The van der Waals surface area contributed by atoms with Gasteiger partial charge in [-0.1, -0.05) is 19.1 Å². The summed E-state index contributed by atoms with van der Waals surface area (Å²) >= 11 is 0. The van der Waals surface area contributed by atoms with Crippen LogP contribution < -0.4 is 10.2 Å². The molecule has 3 heteroatoms. The van der Waals surface area contributed by atoms with Gasteiger partial charge in [-0.3, -0.25) is 0 Å². The van der Waals surface area contributed by atoms with Crippen LogP contribution >= 0.6 is 0 Å². The van der Waals surface area contributed by atoms with E-state index in [1.54, 1.807) is 0 Å². The summed E-state index contributed by atoms with van der Waals surface area (Å²) < 4.78 is 0. The van der Waals surface area contributed by atoms with Gasteiger partial charge >= 0.3 is 0 Å². The van der Waals surface area contributed by atoms with E-state index in [-0.39, 0.29) is 0 Å². The fourth-order valence-corrected chi connectivity index (χ4v) is 3.13. The Kier molecular flexibility index (Phi) is 6.52. The summed E-state index contributed by atoms with van der Waals surface area (Å²) in [4.78, 5) is 4.93. The Morgan fingerprint density at radius 2 is 1.67 bits per heavy atom. The summed E-state index contributed by atoms with van der Waals surface area (Å²) in [5.41, 5.74) is 2.73. The molecular weight excluding hydrogens is 258 g/mol. The Hall–Kier alpha value is -1.06. The Morgan fingerprint density at radius 3 is 2.19 bits per heavy atom. The molecule has 1 fully saturated rings. The molecule has 1 aromatic carbocycles. The van der Waals surface area contributed by atoms with Crippen molar-refractivity contribution in [2.75, 3.05) is 37.6 Å². The SMILES string of the molecule is CCN1CCC(NCc2ccc(N(CC)CC)cc2)CC1. The van der Waals surface area contributed by atoms with E-state index in [0.29, 0.717) is 6.04 Å². The van der Waals surface area contributed by atoms with Gasteiger partial charge in [-0.05, 0) is 64.0 Å². The third-order valence-electron chi connectivity index (χ3n) is 4.69. The van der Waals surface area contributed by atoms with Gasteiger partial charge in [0.05, 0.1) is 0 Å². The maximum absolute atomic E-state index is 3.72. The van der Waals surface area contributed by atoms with Gasteiger partial charge < -0.3 is 15.1 Å². The largest absolute Gasteiger partial charge is 0.372 e. The lowest BCUT2D eigenvalue weighted by Gasteiger charge is -2.31. The second-order valence-electron chi connectivity index (χ2n) is 5.93. The molecular formula is C18H31N3. The molecule has 1 N–H and O–H groups in total. The molecule has 0 radical (unpaired) electrons. The van der Waals surface area contributed by atoms with Crippen LogP contribution in [0.1, 0.15) is 39.2 Å². The smallest absolute Gasteiger partial charge is 0.0366 e. The lowest BCUT2D eigenvalue weighted by atomic mass is 10.0. The van der Waals surface area contributed by atoms with Gasteiger partial charge in [0.1, 0.15) is 0 Å². The lowest BCUT2D eigenvalue weighted by molar-refractivity contribution is 0.206. The third kappa shape index (κ3) is 4.72. The number of anilines is 1. The zero-order valence-electron chi connectivity index (χ0n) is 13.9. The average Bonchev–Trinajstić information content (AvgIpc) is 2.55. The minimum absolute atomic E-state index is 0.690. The van der Waals surface area contributed by atoms with Gasteiger partial charge in [0.25, 0.3) is 0 Å². The minimum Gasteiger partial charge on any atom is -0.372 e. The predicted octanol–water partition coefficient (Wildman–Crippen LogP) is 3.11. The Morgan fingerprint density at radius 1 is 1.05 bits per heavy atom. The minimum atomic E-state index is 0.690. The molecule has 118 valence electrons. The number of benzene rings is 1. The molecule has 0 aliphatic carbocycles. The molecule has 0 atom stereocenters. The summed E-state index contributed by atoms with van der Waals surface area (Å²) in [6.07, 6.45) is 2.57. The quantitative estimate of drug-likeness (QED) is 0.832. The van der Waals surface area contributed by atoms with Crippen molar-refractivity contribution >= 4 is 5.69 Å². The average molecular weight is 289 g/mol. The molecule has 3 nitrogen and oxygen atoms in total. The molecule has 2 rings (SSSR count). The number of hydrogen-bond donors (Lipinski definition) is 1. The van der Waals surface area contributed by atoms with Crippen LogP contribution in [-0.2, 0) is 6.54 Å². The first-order chi connectivity index (χ1) is 10.3. The fourth-order valence-electron chi connectivity index (χ4n) is 3.13. The van der Waals surface area contributed by atoms with E-state index in [0.717, 1.165) is 19.6 Å². The maximum Gasteiger partial charge on any atom is 0.0366 e. The molecule has 21 heavy (non-hydrogen) atoms. The topological polar surface area (TPSA) is 18.5 Å². The highest BCUT2D eigenvalue weighted by Gasteiger charge is 2.17. The van der Waals surface area contributed by atoms with Gasteiger partial charge in [0, 0.05) is 31.4 Å². The Labute approximate surface area is 130 Å². The summed E-state index contributed by atoms with van der Waals surface area (Å²) in [7, 11) is 0. The molecule has 0 spiro atoms. The normalized spacial score (nSPS) is 17.1. The zero-order valence-corrected chi connectivity index (χ0v) is 13.9. The lowest BCUT2D eigenvalue weighted by Crippen LogP contribution is -2.42. The van der Waals surface area contributed by atoms with E-state index in [9.17, 15) is 0 Å². The van der Waals surface area contributed by atoms with E-state index in [1.165, 1.54) is 43.7 Å². The van der Waals surface area contributed by atoms with Crippen molar-refractivity contribution in [1.82, 2.24) is 10.2 Å². The van der Waals surface area contributed by atoms with E-state index < -0.39 is 0 Å². The Bertz CT molecular complexity index is 389. The van der Waals surface area contributed by atoms with Crippen LogP contribution in [0.25, 0.3) is 0 Å². The summed E-state index contributed by atoms with van der Waals surface area (Å²) in [5, 5.41) is 3.72. The van der Waals surface area contributed by atoms with Crippen molar-refractivity contribution in [3.8, 4) is 0 Å². The highest BCUT2D eigenvalue weighted by atomic mass is 15.1. The molecule has 0 saturated carbocycles. The van der Waals surface area contributed by atoms with E-state index in [2.05, 4.69) is 60.2 Å². The number of piperidine rings is 1. The van der Waals surface area contributed by atoms with E-state index in [4.69, 9.17) is 0 Å². The molecule has 0 amide bonds. The van der Waals surface area contributed by atoms with Crippen LogP contribution in [0.5, 0.6) is 0 Å². The fraction of sp³-hybridized carbons (Fsp3) is 0.667.